The molecule has 34 heavy (non-hydrogen) atoms. The van der Waals surface area contributed by atoms with Crippen LogP contribution in [0.2, 0.25) is 0 Å². The number of ether oxygens (including phenoxy) is 2. The minimum atomic E-state index is -0.755. The van der Waals surface area contributed by atoms with Gasteiger partial charge in [-0.2, -0.15) is 0 Å². The van der Waals surface area contributed by atoms with Crippen LogP contribution in [-0.2, 0) is 9.53 Å². The average Bonchev–Trinajstić information content (AvgIpc) is 2.87. The van der Waals surface area contributed by atoms with Crippen LogP contribution < -0.4 is 15.4 Å². The Balaban J connectivity index is 1.66. The number of benzene rings is 2. The highest BCUT2D eigenvalue weighted by atomic mass is 19.1. The van der Waals surface area contributed by atoms with Crippen LogP contribution in [0.15, 0.2) is 48.5 Å². The highest BCUT2D eigenvalue weighted by Crippen LogP contribution is 2.23. The summed E-state index contributed by atoms with van der Waals surface area (Å²) in [7, 11) is 3.09. The number of amides is 3. The summed E-state index contributed by atoms with van der Waals surface area (Å²) in [6.45, 7) is 1.55. The fraction of sp³-hybridized carbons (Fsp3) is 0.400. The van der Waals surface area contributed by atoms with E-state index in [0.29, 0.717) is 56.0 Å². The Morgan fingerprint density at radius 3 is 2.21 bits per heavy atom. The zero-order valence-corrected chi connectivity index (χ0v) is 19.4. The summed E-state index contributed by atoms with van der Waals surface area (Å²) < 4.78 is 23.3. The molecule has 1 atom stereocenters. The highest BCUT2D eigenvalue weighted by molar-refractivity contribution is 5.98. The van der Waals surface area contributed by atoms with Crippen molar-refractivity contribution in [3.63, 3.8) is 0 Å². The predicted octanol–water partition coefficient (Wildman–Crippen LogP) is 2.25. The van der Waals surface area contributed by atoms with E-state index in [-0.39, 0.29) is 23.6 Å². The third kappa shape index (κ3) is 6.54. The minimum Gasteiger partial charge on any atom is -0.497 e. The number of likely N-dealkylation sites (tertiary alicyclic amines) is 1. The van der Waals surface area contributed by atoms with E-state index in [2.05, 4.69) is 10.6 Å². The number of halogens is 1. The van der Waals surface area contributed by atoms with Crippen molar-refractivity contribution in [1.82, 2.24) is 15.5 Å². The summed E-state index contributed by atoms with van der Waals surface area (Å²) >= 11 is 0. The van der Waals surface area contributed by atoms with E-state index in [0.717, 1.165) is 0 Å². The average molecular weight is 472 g/mol. The molecule has 0 saturated carbocycles. The van der Waals surface area contributed by atoms with Crippen LogP contribution in [0.4, 0.5) is 4.39 Å². The summed E-state index contributed by atoms with van der Waals surface area (Å²) in [5, 5.41) is 5.68. The molecule has 2 aromatic carbocycles. The Morgan fingerprint density at radius 2 is 1.62 bits per heavy atom. The Bertz CT molecular complexity index is 973. The van der Waals surface area contributed by atoms with Crippen molar-refractivity contribution in [3.05, 3.63) is 65.5 Å². The third-order valence-corrected chi connectivity index (χ3v) is 5.92. The normalized spacial score (nSPS) is 14.9. The van der Waals surface area contributed by atoms with Crippen molar-refractivity contribution in [2.24, 2.45) is 5.92 Å². The quantitative estimate of drug-likeness (QED) is 0.547. The predicted molar refractivity (Wildman–Crippen MR) is 124 cm³/mol. The second-order valence-electron chi connectivity index (χ2n) is 8.10. The smallest absolute Gasteiger partial charge is 0.253 e. The minimum absolute atomic E-state index is 0.151. The van der Waals surface area contributed by atoms with E-state index in [4.69, 9.17) is 9.47 Å². The lowest BCUT2D eigenvalue weighted by Crippen LogP contribution is -2.54. The van der Waals surface area contributed by atoms with Crippen LogP contribution in [0.25, 0.3) is 0 Å². The van der Waals surface area contributed by atoms with Gasteiger partial charge in [0, 0.05) is 37.9 Å². The van der Waals surface area contributed by atoms with Crippen LogP contribution in [0, 0.1) is 11.7 Å². The molecule has 1 heterocycles. The number of methoxy groups -OCH3 is 2. The largest absolute Gasteiger partial charge is 0.497 e. The second-order valence-corrected chi connectivity index (χ2v) is 8.10. The fourth-order valence-electron chi connectivity index (χ4n) is 3.96. The van der Waals surface area contributed by atoms with Crippen LogP contribution in [0.1, 0.15) is 33.6 Å². The van der Waals surface area contributed by atoms with Crippen LogP contribution in [0.5, 0.6) is 5.75 Å². The molecule has 0 spiro atoms. The molecule has 8 nitrogen and oxygen atoms in total. The Hall–Kier alpha value is -3.46. The SMILES string of the molecule is COCCNC(=O)[C@@H](NC(=O)c1ccc(OC)cc1)C1CCN(C(=O)c2ccc(F)cc2)CC1. The molecule has 1 aliphatic heterocycles. The van der Waals surface area contributed by atoms with Gasteiger partial charge in [0.2, 0.25) is 5.91 Å². The van der Waals surface area contributed by atoms with E-state index in [1.807, 2.05) is 0 Å². The molecule has 1 fully saturated rings. The lowest BCUT2D eigenvalue weighted by atomic mass is 9.88. The summed E-state index contributed by atoms with van der Waals surface area (Å²) in [6.07, 6.45) is 1.08. The number of hydrogen-bond donors (Lipinski definition) is 2. The van der Waals surface area contributed by atoms with Crippen molar-refractivity contribution >= 4 is 17.7 Å². The maximum Gasteiger partial charge on any atom is 0.253 e. The molecule has 0 bridgehead atoms. The number of carbonyl (C=O) groups is 3. The second kappa shape index (κ2) is 12.1. The lowest BCUT2D eigenvalue weighted by Gasteiger charge is -2.36. The molecular formula is C25H30FN3O5. The lowest BCUT2D eigenvalue weighted by molar-refractivity contribution is -0.124. The van der Waals surface area contributed by atoms with E-state index >= 15 is 0 Å². The topological polar surface area (TPSA) is 97.0 Å². The molecule has 0 unspecified atom stereocenters. The zero-order valence-electron chi connectivity index (χ0n) is 19.4. The van der Waals surface area contributed by atoms with Crippen molar-refractivity contribution in [1.29, 1.82) is 0 Å². The standard InChI is InChI=1S/C25H30FN3O5/c1-33-16-13-27-24(31)22(28-23(30)18-5-9-21(34-2)10-6-18)17-11-14-29(15-12-17)25(32)19-3-7-20(26)8-4-19/h3-10,17,22H,11-16H2,1-2H3,(H,27,31)(H,28,30)/t22-/m0/s1. The Labute approximate surface area is 198 Å². The maximum absolute atomic E-state index is 13.2. The number of rotatable bonds is 9. The molecular weight excluding hydrogens is 441 g/mol. The summed E-state index contributed by atoms with van der Waals surface area (Å²) in [6, 6.07) is 11.3. The first-order chi connectivity index (χ1) is 16.4. The van der Waals surface area contributed by atoms with Crippen molar-refractivity contribution < 1.29 is 28.2 Å². The molecule has 1 saturated heterocycles. The van der Waals surface area contributed by atoms with E-state index in [9.17, 15) is 18.8 Å². The zero-order chi connectivity index (χ0) is 24.5. The van der Waals surface area contributed by atoms with Gasteiger partial charge in [-0.1, -0.05) is 0 Å². The summed E-state index contributed by atoms with van der Waals surface area (Å²) in [5.74, 6) is -0.751. The summed E-state index contributed by atoms with van der Waals surface area (Å²) in [5.41, 5.74) is 0.834. The number of hydrogen-bond acceptors (Lipinski definition) is 5. The van der Waals surface area contributed by atoms with Gasteiger partial charge in [0.1, 0.15) is 17.6 Å². The van der Waals surface area contributed by atoms with Crippen LogP contribution in [0.3, 0.4) is 0 Å². The molecule has 0 radical (unpaired) electrons. The molecule has 182 valence electrons. The van der Waals surface area contributed by atoms with Gasteiger partial charge in [-0.05, 0) is 67.3 Å². The Kier molecular flexibility index (Phi) is 8.98. The number of carbonyl (C=O) groups excluding carboxylic acids is 3. The molecule has 9 heteroatoms. The van der Waals surface area contributed by atoms with E-state index in [1.165, 1.54) is 24.3 Å². The van der Waals surface area contributed by atoms with Gasteiger partial charge in [0.05, 0.1) is 13.7 Å². The maximum atomic E-state index is 13.2. The van der Waals surface area contributed by atoms with Gasteiger partial charge in [-0.3, -0.25) is 14.4 Å². The van der Waals surface area contributed by atoms with Gasteiger partial charge in [0.25, 0.3) is 11.8 Å². The van der Waals surface area contributed by atoms with Crippen molar-refractivity contribution in [2.75, 3.05) is 40.5 Å². The van der Waals surface area contributed by atoms with Gasteiger partial charge >= 0.3 is 0 Å². The Morgan fingerprint density at radius 1 is 1.00 bits per heavy atom. The fourth-order valence-corrected chi connectivity index (χ4v) is 3.96. The first-order valence-electron chi connectivity index (χ1n) is 11.2. The van der Waals surface area contributed by atoms with E-state index in [1.54, 1.807) is 43.4 Å². The molecule has 3 amide bonds. The molecule has 3 rings (SSSR count). The van der Waals surface area contributed by atoms with Gasteiger partial charge in [-0.15, -0.1) is 0 Å². The molecule has 0 aliphatic carbocycles. The third-order valence-electron chi connectivity index (χ3n) is 5.92. The van der Waals surface area contributed by atoms with Crippen molar-refractivity contribution in [2.45, 2.75) is 18.9 Å². The summed E-state index contributed by atoms with van der Waals surface area (Å²) in [4.78, 5) is 40.2. The first-order valence-corrected chi connectivity index (χ1v) is 11.2. The molecule has 1 aliphatic rings. The molecule has 2 N–H and O–H groups in total. The van der Waals surface area contributed by atoms with Crippen LogP contribution >= 0.6 is 0 Å². The van der Waals surface area contributed by atoms with Gasteiger partial charge in [0.15, 0.2) is 0 Å². The monoisotopic (exact) mass is 471 g/mol. The van der Waals surface area contributed by atoms with Gasteiger partial charge < -0.3 is 25.0 Å². The van der Waals surface area contributed by atoms with Gasteiger partial charge in [-0.25, -0.2) is 4.39 Å². The highest BCUT2D eigenvalue weighted by Gasteiger charge is 2.34. The van der Waals surface area contributed by atoms with Crippen LogP contribution in [-0.4, -0.2) is 69.1 Å². The first kappa shape index (κ1) is 25.2. The number of piperidine rings is 1. The number of nitrogens with one attached hydrogen (secondary N) is 2. The van der Waals surface area contributed by atoms with Crippen molar-refractivity contribution in [3.8, 4) is 5.75 Å². The number of nitrogens with zero attached hydrogens (tertiary/aromatic N) is 1. The molecule has 2 aromatic rings. The molecule has 0 aromatic heterocycles. The van der Waals surface area contributed by atoms with E-state index < -0.39 is 11.9 Å².